The standard InChI is InChI=1S/C15H30O3S/c1-3-4-5-6-7-8-9-12-15(16)13-10-11-14(15)19(2,17)18/h14,16H,3-13H2,1-2H3. The summed E-state index contributed by atoms with van der Waals surface area (Å²) < 4.78 is 23.4. The molecule has 1 N–H and O–H groups in total. The zero-order valence-electron chi connectivity index (χ0n) is 12.5. The number of hydrogen-bond acceptors (Lipinski definition) is 3. The minimum absolute atomic E-state index is 0.528. The van der Waals surface area contributed by atoms with Crippen molar-refractivity contribution in [2.45, 2.75) is 88.4 Å². The maximum absolute atomic E-state index is 11.7. The molecule has 19 heavy (non-hydrogen) atoms. The highest BCUT2D eigenvalue weighted by Crippen LogP contribution is 2.38. The molecule has 1 fully saturated rings. The van der Waals surface area contributed by atoms with Crippen LogP contribution in [0.1, 0.15) is 77.6 Å². The molecule has 0 aromatic carbocycles. The van der Waals surface area contributed by atoms with Gasteiger partial charge in [0.05, 0.1) is 10.9 Å². The third-order valence-electron chi connectivity index (χ3n) is 4.41. The van der Waals surface area contributed by atoms with Crippen molar-refractivity contribution in [3.8, 4) is 0 Å². The van der Waals surface area contributed by atoms with Gasteiger partial charge in [0.25, 0.3) is 0 Å². The SMILES string of the molecule is CCCCCCCCCC1(O)CCCC1S(C)(=O)=O. The van der Waals surface area contributed by atoms with Crippen molar-refractivity contribution in [3.63, 3.8) is 0 Å². The zero-order valence-corrected chi connectivity index (χ0v) is 13.3. The summed E-state index contributed by atoms with van der Waals surface area (Å²) in [5.74, 6) is 0. The van der Waals surface area contributed by atoms with Crippen molar-refractivity contribution in [1.82, 2.24) is 0 Å². The normalized spacial score (nSPS) is 27.8. The number of sulfone groups is 1. The first-order valence-electron chi connectivity index (χ1n) is 7.81. The van der Waals surface area contributed by atoms with Crippen molar-refractivity contribution < 1.29 is 13.5 Å². The molecule has 0 saturated heterocycles. The fourth-order valence-electron chi connectivity index (χ4n) is 3.31. The first kappa shape index (κ1) is 17.0. The highest BCUT2D eigenvalue weighted by atomic mass is 32.2. The van der Waals surface area contributed by atoms with Gasteiger partial charge in [-0.05, 0) is 25.7 Å². The van der Waals surface area contributed by atoms with E-state index < -0.39 is 20.7 Å². The van der Waals surface area contributed by atoms with Gasteiger partial charge >= 0.3 is 0 Å². The quantitative estimate of drug-likeness (QED) is 0.662. The molecule has 2 atom stereocenters. The van der Waals surface area contributed by atoms with Crippen LogP contribution in [0.3, 0.4) is 0 Å². The van der Waals surface area contributed by atoms with Crippen LogP contribution < -0.4 is 0 Å². The molecule has 0 aromatic heterocycles. The van der Waals surface area contributed by atoms with Gasteiger partial charge in [0, 0.05) is 6.26 Å². The molecule has 0 radical (unpaired) electrons. The molecule has 1 aliphatic carbocycles. The molecule has 0 amide bonds. The minimum atomic E-state index is -3.11. The fraction of sp³-hybridized carbons (Fsp3) is 1.00. The first-order chi connectivity index (χ1) is 8.90. The molecule has 1 aliphatic rings. The summed E-state index contributed by atoms with van der Waals surface area (Å²) >= 11 is 0. The zero-order chi connectivity index (χ0) is 14.4. The lowest BCUT2D eigenvalue weighted by atomic mass is 9.93. The van der Waals surface area contributed by atoms with Crippen LogP contribution in [0.2, 0.25) is 0 Å². The molecule has 4 heteroatoms. The van der Waals surface area contributed by atoms with E-state index in [0.717, 1.165) is 19.3 Å². The summed E-state index contributed by atoms with van der Waals surface area (Å²) in [7, 11) is -3.11. The Balaban J connectivity index is 2.27. The van der Waals surface area contributed by atoms with Crippen LogP contribution in [0.25, 0.3) is 0 Å². The van der Waals surface area contributed by atoms with Crippen molar-refractivity contribution in [1.29, 1.82) is 0 Å². The van der Waals surface area contributed by atoms with E-state index in [2.05, 4.69) is 6.92 Å². The van der Waals surface area contributed by atoms with E-state index in [-0.39, 0.29) is 0 Å². The summed E-state index contributed by atoms with van der Waals surface area (Å²) in [6.45, 7) is 2.21. The topological polar surface area (TPSA) is 54.4 Å². The summed E-state index contributed by atoms with van der Waals surface area (Å²) in [6, 6.07) is 0. The average molecular weight is 290 g/mol. The van der Waals surface area contributed by atoms with Gasteiger partial charge in [0.2, 0.25) is 0 Å². The van der Waals surface area contributed by atoms with Crippen molar-refractivity contribution in [2.24, 2.45) is 0 Å². The van der Waals surface area contributed by atoms with Crippen molar-refractivity contribution >= 4 is 9.84 Å². The van der Waals surface area contributed by atoms with Crippen molar-refractivity contribution in [3.05, 3.63) is 0 Å². The largest absolute Gasteiger partial charge is 0.389 e. The Kier molecular flexibility index (Phi) is 6.81. The van der Waals surface area contributed by atoms with Crippen LogP contribution in [0.4, 0.5) is 0 Å². The molecule has 0 heterocycles. The first-order valence-corrected chi connectivity index (χ1v) is 9.77. The third kappa shape index (κ3) is 5.42. The Labute approximate surface area is 118 Å². The number of aliphatic hydroxyl groups is 1. The Morgan fingerprint density at radius 1 is 1.11 bits per heavy atom. The number of unbranched alkanes of at least 4 members (excludes halogenated alkanes) is 6. The molecule has 2 unspecified atom stereocenters. The second-order valence-corrected chi connectivity index (χ2v) is 8.41. The van der Waals surface area contributed by atoms with E-state index in [0.29, 0.717) is 19.3 Å². The maximum Gasteiger partial charge on any atom is 0.153 e. The predicted molar refractivity (Wildman–Crippen MR) is 80.0 cm³/mol. The van der Waals surface area contributed by atoms with Crippen LogP contribution >= 0.6 is 0 Å². The molecule has 0 bridgehead atoms. The van der Waals surface area contributed by atoms with Crippen LogP contribution in [0.5, 0.6) is 0 Å². The van der Waals surface area contributed by atoms with Gasteiger partial charge in [-0.1, -0.05) is 51.9 Å². The van der Waals surface area contributed by atoms with E-state index in [9.17, 15) is 13.5 Å². The van der Waals surface area contributed by atoms with Crippen molar-refractivity contribution in [2.75, 3.05) is 6.26 Å². The summed E-state index contributed by atoms with van der Waals surface area (Å²) in [4.78, 5) is 0. The van der Waals surface area contributed by atoms with Gasteiger partial charge in [-0.25, -0.2) is 8.42 Å². The fourth-order valence-corrected chi connectivity index (χ4v) is 4.94. The van der Waals surface area contributed by atoms with E-state index in [1.807, 2.05) is 0 Å². The third-order valence-corrected chi connectivity index (χ3v) is 6.11. The Bertz CT molecular complexity index is 350. The summed E-state index contributed by atoms with van der Waals surface area (Å²) in [5.41, 5.74) is -0.947. The highest BCUT2D eigenvalue weighted by molar-refractivity contribution is 7.91. The van der Waals surface area contributed by atoms with E-state index in [4.69, 9.17) is 0 Å². The van der Waals surface area contributed by atoms with E-state index in [1.165, 1.54) is 38.4 Å². The van der Waals surface area contributed by atoms with Crippen LogP contribution in [-0.2, 0) is 9.84 Å². The Hall–Kier alpha value is -0.0900. The van der Waals surface area contributed by atoms with E-state index >= 15 is 0 Å². The molecule has 0 aliphatic heterocycles. The summed E-state index contributed by atoms with van der Waals surface area (Å²) in [5, 5.41) is 10.0. The molecule has 3 nitrogen and oxygen atoms in total. The van der Waals surface area contributed by atoms with Gasteiger partial charge in [-0.15, -0.1) is 0 Å². The molecular weight excluding hydrogens is 260 g/mol. The molecule has 1 rings (SSSR count). The van der Waals surface area contributed by atoms with Gasteiger partial charge in [0.15, 0.2) is 9.84 Å². The average Bonchev–Trinajstić information content (AvgIpc) is 2.70. The summed E-state index contributed by atoms with van der Waals surface area (Å²) in [6.07, 6.45) is 12.4. The molecular formula is C15H30O3S. The number of hydrogen-bond donors (Lipinski definition) is 1. The van der Waals surface area contributed by atoms with Gasteiger partial charge in [-0.3, -0.25) is 0 Å². The lowest BCUT2D eigenvalue weighted by Gasteiger charge is -2.28. The van der Waals surface area contributed by atoms with Gasteiger partial charge in [-0.2, -0.15) is 0 Å². The van der Waals surface area contributed by atoms with Crippen LogP contribution in [0, 0.1) is 0 Å². The predicted octanol–water partition coefficient (Wildman–Crippen LogP) is 3.46. The second kappa shape index (κ2) is 7.63. The van der Waals surface area contributed by atoms with Gasteiger partial charge in [0.1, 0.15) is 0 Å². The monoisotopic (exact) mass is 290 g/mol. The lowest BCUT2D eigenvalue weighted by molar-refractivity contribution is 0.0392. The second-order valence-electron chi connectivity index (χ2n) is 6.19. The molecule has 0 spiro atoms. The Morgan fingerprint density at radius 3 is 2.26 bits per heavy atom. The van der Waals surface area contributed by atoms with E-state index in [1.54, 1.807) is 0 Å². The lowest BCUT2D eigenvalue weighted by Crippen LogP contribution is -2.42. The highest BCUT2D eigenvalue weighted by Gasteiger charge is 2.45. The minimum Gasteiger partial charge on any atom is -0.389 e. The molecule has 0 aromatic rings. The molecule has 114 valence electrons. The smallest absolute Gasteiger partial charge is 0.153 e. The van der Waals surface area contributed by atoms with Crippen LogP contribution in [0.15, 0.2) is 0 Å². The van der Waals surface area contributed by atoms with Gasteiger partial charge < -0.3 is 5.11 Å². The molecule has 1 saturated carbocycles. The Morgan fingerprint density at radius 2 is 1.68 bits per heavy atom. The number of rotatable bonds is 9. The maximum atomic E-state index is 11.7. The van der Waals surface area contributed by atoms with Crippen LogP contribution in [-0.4, -0.2) is 30.6 Å².